The van der Waals surface area contributed by atoms with Crippen molar-refractivity contribution in [1.82, 2.24) is 9.62 Å². The number of carbonyl (C=O) groups excluding carboxylic acids is 1. The van der Waals surface area contributed by atoms with Crippen LogP contribution in [0, 0.1) is 12.8 Å². The Morgan fingerprint density at radius 3 is 2.18 bits per heavy atom. The van der Waals surface area contributed by atoms with E-state index in [9.17, 15) is 13.2 Å². The van der Waals surface area contributed by atoms with Gasteiger partial charge in [-0.05, 0) is 61.8 Å². The van der Waals surface area contributed by atoms with Crippen LogP contribution in [-0.4, -0.2) is 45.4 Å². The van der Waals surface area contributed by atoms with Crippen molar-refractivity contribution in [2.45, 2.75) is 56.5 Å². The molecule has 0 bridgehead atoms. The number of benzene rings is 3. The van der Waals surface area contributed by atoms with Crippen molar-refractivity contribution < 1.29 is 22.7 Å². The van der Waals surface area contributed by atoms with Gasteiger partial charge in [-0.25, -0.2) is 8.42 Å². The molecule has 0 aliphatic heterocycles. The van der Waals surface area contributed by atoms with Crippen LogP contribution in [0.2, 0.25) is 0 Å². The molecule has 0 radical (unpaired) electrons. The monoisotopic (exact) mass is 550 g/mol. The van der Waals surface area contributed by atoms with E-state index in [1.807, 2.05) is 61.5 Å². The average molecular weight is 551 g/mol. The predicted molar refractivity (Wildman–Crippen MR) is 152 cm³/mol. The van der Waals surface area contributed by atoms with E-state index in [1.54, 1.807) is 16.4 Å². The van der Waals surface area contributed by atoms with Gasteiger partial charge in [-0.15, -0.1) is 0 Å². The molecule has 0 heterocycles. The highest BCUT2D eigenvalue weighted by atomic mass is 32.2. The van der Waals surface area contributed by atoms with Crippen molar-refractivity contribution in [3.05, 3.63) is 89.5 Å². The number of nitrogens with zero attached hydrogens (tertiary/aromatic N) is 1. The second-order valence-corrected chi connectivity index (χ2v) is 12.2. The lowest BCUT2D eigenvalue weighted by atomic mass is 9.86. The van der Waals surface area contributed by atoms with Crippen molar-refractivity contribution in [3.8, 4) is 11.5 Å². The molecular formula is C31H38N2O5S. The second-order valence-electron chi connectivity index (χ2n) is 10.2. The highest BCUT2D eigenvalue weighted by molar-refractivity contribution is 7.89. The highest BCUT2D eigenvalue weighted by Crippen LogP contribution is 2.33. The molecule has 1 amide bonds. The van der Waals surface area contributed by atoms with Gasteiger partial charge in [0.1, 0.15) is 0 Å². The maximum absolute atomic E-state index is 13.9. The molecule has 3 aromatic carbocycles. The fourth-order valence-corrected chi connectivity index (χ4v) is 6.63. The molecule has 0 saturated heterocycles. The molecular weight excluding hydrogens is 512 g/mol. The summed E-state index contributed by atoms with van der Waals surface area (Å²) >= 11 is 0. The van der Waals surface area contributed by atoms with E-state index >= 15 is 0 Å². The number of ether oxygens (including phenoxy) is 2. The first-order valence-corrected chi connectivity index (χ1v) is 14.8. The lowest BCUT2D eigenvalue weighted by Crippen LogP contribution is -2.41. The van der Waals surface area contributed by atoms with Crippen LogP contribution < -0.4 is 14.8 Å². The number of methoxy groups -OCH3 is 2. The Bertz CT molecular complexity index is 1340. The Kier molecular flexibility index (Phi) is 9.64. The molecule has 208 valence electrons. The molecule has 0 spiro atoms. The van der Waals surface area contributed by atoms with Crippen LogP contribution in [-0.2, 0) is 27.8 Å². The van der Waals surface area contributed by atoms with Crippen molar-refractivity contribution in [3.63, 3.8) is 0 Å². The Labute approximate surface area is 232 Å². The quantitative estimate of drug-likeness (QED) is 0.358. The maximum Gasteiger partial charge on any atom is 0.243 e. The zero-order valence-electron chi connectivity index (χ0n) is 22.9. The summed E-state index contributed by atoms with van der Waals surface area (Å²) in [5.41, 5.74) is 3.11. The molecule has 1 fully saturated rings. The molecule has 4 rings (SSSR count). The van der Waals surface area contributed by atoms with Gasteiger partial charge < -0.3 is 14.8 Å². The van der Waals surface area contributed by atoms with Crippen LogP contribution in [0.3, 0.4) is 0 Å². The van der Waals surface area contributed by atoms with Crippen LogP contribution in [0.1, 0.15) is 42.4 Å². The number of sulfonamides is 1. The predicted octanol–water partition coefficient (Wildman–Crippen LogP) is 5.12. The Morgan fingerprint density at radius 1 is 0.872 bits per heavy atom. The summed E-state index contributed by atoms with van der Waals surface area (Å²) in [6.45, 7) is 2.72. The van der Waals surface area contributed by atoms with E-state index in [4.69, 9.17) is 9.47 Å². The summed E-state index contributed by atoms with van der Waals surface area (Å²) in [4.78, 5) is 12.8. The van der Waals surface area contributed by atoms with Gasteiger partial charge in [0.25, 0.3) is 0 Å². The summed E-state index contributed by atoms with van der Waals surface area (Å²) in [5.74, 6) is 1.09. The van der Waals surface area contributed by atoms with E-state index in [0.29, 0.717) is 24.5 Å². The minimum atomic E-state index is -3.80. The minimum absolute atomic E-state index is 0.0315. The second kappa shape index (κ2) is 13.1. The molecule has 1 aliphatic rings. The first kappa shape index (κ1) is 28.6. The van der Waals surface area contributed by atoms with Crippen LogP contribution in [0.4, 0.5) is 0 Å². The van der Waals surface area contributed by atoms with Gasteiger partial charge in [-0.1, -0.05) is 60.2 Å². The summed E-state index contributed by atoms with van der Waals surface area (Å²) < 4.78 is 39.9. The smallest absolute Gasteiger partial charge is 0.243 e. The van der Waals surface area contributed by atoms with E-state index in [1.165, 1.54) is 25.8 Å². The topological polar surface area (TPSA) is 84.9 Å². The van der Waals surface area contributed by atoms with Gasteiger partial charge in [-0.3, -0.25) is 4.79 Å². The van der Waals surface area contributed by atoms with E-state index in [0.717, 1.165) is 36.8 Å². The Hall–Kier alpha value is -3.36. The molecule has 0 atom stereocenters. The number of nitrogens with one attached hydrogen (secondary N) is 1. The third-order valence-electron chi connectivity index (χ3n) is 7.35. The van der Waals surface area contributed by atoms with Crippen LogP contribution in [0.25, 0.3) is 0 Å². The number of hydrogen-bond donors (Lipinski definition) is 1. The fraction of sp³-hybridized carbons (Fsp3) is 0.387. The molecule has 1 N–H and O–H groups in total. The fourth-order valence-electron chi connectivity index (χ4n) is 5.11. The minimum Gasteiger partial charge on any atom is -0.493 e. The molecule has 0 aromatic heterocycles. The SMILES string of the molecule is COc1ccc(S(=O)(=O)N(Cc2ccccc2)CC2CCC(NC(=O)Cc3ccc(C)cc3)CC2)cc1OC. The van der Waals surface area contributed by atoms with Crippen LogP contribution in [0.15, 0.2) is 77.7 Å². The van der Waals surface area contributed by atoms with E-state index in [2.05, 4.69) is 5.32 Å². The highest BCUT2D eigenvalue weighted by Gasteiger charge is 2.31. The summed E-state index contributed by atoms with van der Waals surface area (Å²) in [6, 6.07) is 22.5. The van der Waals surface area contributed by atoms with Crippen molar-refractivity contribution in [1.29, 1.82) is 0 Å². The number of amides is 1. The summed E-state index contributed by atoms with van der Waals surface area (Å²) in [7, 11) is -0.782. The van der Waals surface area contributed by atoms with Crippen molar-refractivity contribution >= 4 is 15.9 Å². The third-order valence-corrected chi connectivity index (χ3v) is 9.16. The van der Waals surface area contributed by atoms with E-state index in [-0.39, 0.29) is 29.3 Å². The molecule has 1 saturated carbocycles. The van der Waals surface area contributed by atoms with Gasteiger partial charge in [0.05, 0.1) is 25.5 Å². The normalized spacial score (nSPS) is 17.5. The number of carbonyl (C=O) groups is 1. The number of hydrogen-bond acceptors (Lipinski definition) is 5. The third kappa shape index (κ3) is 7.61. The van der Waals surface area contributed by atoms with Gasteiger partial charge >= 0.3 is 0 Å². The largest absolute Gasteiger partial charge is 0.493 e. The number of rotatable bonds is 11. The van der Waals surface area contributed by atoms with Crippen molar-refractivity contribution in [2.75, 3.05) is 20.8 Å². The number of aryl methyl sites for hydroxylation is 1. The Balaban J connectivity index is 1.42. The average Bonchev–Trinajstić information content (AvgIpc) is 2.95. The molecule has 39 heavy (non-hydrogen) atoms. The molecule has 7 nitrogen and oxygen atoms in total. The molecule has 0 unspecified atom stereocenters. The Morgan fingerprint density at radius 2 is 1.54 bits per heavy atom. The van der Waals surface area contributed by atoms with Gasteiger partial charge in [0.15, 0.2) is 11.5 Å². The van der Waals surface area contributed by atoms with Crippen LogP contribution in [0.5, 0.6) is 11.5 Å². The maximum atomic E-state index is 13.9. The standard InChI is InChI=1S/C31H38N2O5S/c1-23-9-11-24(12-10-23)19-31(34)32-27-15-13-26(14-16-27)22-33(21-25-7-5-4-6-8-25)39(35,36)28-17-18-29(37-2)30(20-28)38-3/h4-12,17-18,20,26-27H,13-16,19,21-22H2,1-3H3,(H,32,34). The van der Waals surface area contributed by atoms with Crippen molar-refractivity contribution in [2.24, 2.45) is 5.92 Å². The first-order chi connectivity index (χ1) is 18.8. The van der Waals surface area contributed by atoms with Gasteiger partial charge in [-0.2, -0.15) is 4.31 Å². The molecule has 1 aliphatic carbocycles. The lowest BCUT2D eigenvalue weighted by molar-refractivity contribution is -0.121. The van der Waals surface area contributed by atoms with E-state index < -0.39 is 10.0 Å². The zero-order chi connectivity index (χ0) is 27.8. The molecule has 8 heteroatoms. The van der Waals surface area contributed by atoms with Gasteiger partial charge in [0, 0.05) is 25.2 Å². The molecule has 3 aromatic rings. The summed E-state index contributed by atoms with van der Waals surface area (Å²) in [5, 5.41) is 3.18. The first-order valence-electron chi connectivity index (χ1n) is 13.4. The zero-order valence-corrected chi connectivity index (χ0v) is 23.7. The summed E-state index contributed by atoms with van der Waals surface area (Å²) in [6.07, 6.45) is 3.73. The van der Waals surface area contributed by atoms with Gasteiger partial charge in [0.2, 0.25) is 15.9 Å². The lowest BCUT2D eigenvalue weighted by Gasteiger charge is -2.33. The van der Waals surface area contributed by atoms with Crippen LogP contribution >= 0.6 is 0 Å².